The van der Waals surface area contributed by atoms with Crippen LogP contribution in [0.2, 0.25) is 0 Å². The largest absolute Gasteiger partial charge is 0.481 e. The average molecular weight is 307 g/mol. The van der Waals surface area contributed by atoms with Gasteiger partial charge in [0, 0.05) is 19.6 Å². The number of aliphatic hydroxyl groups excluding tert-OH is 1. The van der Waals surface area contributed by atoms with Crippen LogP contribution in [0.5, 0.6) is 5.88 Å². The Labute approximate surface area is 131 Å². The minimum atomic E-state index is -0.598. The molecular formula is C16H25N3O3. The molecule has 2 unspecified atom stereocenters. The van der Waals surface area contributed by atoms with Gasteiger partial charge in [-0.1, -0.05) is 6.92 Å². The van der Waals surface area contributed by atoms with Gasteiger partial charge in [0.1, 0.15) is 11.9 Å². The van der Waals surface area contributed by atoms with Gasteiger partial charge in [-0.05, 0) is 31.9 Å². The van der Waals surface area contributed by atoms with Gasteiger partial charge in [0.05, 0.1) is 24.6 Å². The third-order valence-electron chi connectivity index (χ3n) is 3.78. The first-order valence-electron chi connectivity index (χ1n) is 7.60. The van der Waals surface area contributed by atoms with Gasteiger partial charge in [-0.25, -0.2) is 4.68 Å². The molecule has 6 heteroatoms. The summed E-state index contributed by atoms with van der Waals surface area (Å²) >= 11 is 0. The Morgan fingerprint density at radius 1 is 1.50 bits per heavy atom. The Morgan fingerprint density at radius 2 is 2.27 bits per heavy atom. The van der Waals surface area contributed by atoms with Crippen LogP contribution in [0.4, 0.5) is 0 Å². The van der Waals surface area contributed by atoms with Crippen LogP contribution >= 0.6 is 0 Å². The SMILES string of the molecule is CCc1nn(C)c(OC)c1CNC(C)CC(O)c1ccco1. The molecule has 0 saturated carbocycles. The van der Waals surface area contributed by atoms with Crippen molar-refractivity contribution in [2.45, 2.75) is 45.4 Å². The van der Waals surface area contributed by atoms with Crippen LogP contribution in [-0.2, 0) is 20.0 Å². The molecule has 0 bridgehead atoms. The summed E-state index contributed by atoms with van der Waals surface area (Å²) in [6.07, 6.45) is 2.42. The summed E-state index contributed by atoms with van der Waals surface area (Å²) in [6, 6.07) is 3.70. The van der Waals surface area contributed by atoms with Crippen LogP contribution in [0, 0.1) is 0 Å². The zero-order valence-corrected chi connectivity index (χ0v) is 13.7. The van der Waals surface area contributed by atoms with Gasteiger partial charge in [-0.15, -0.1) is 0 Å². The molecule has 0 spiro atoms. The van der Waals surface area contributed by atoms with Crippen LogP contribution in [0.15, 0.2) is 22.8 Å². The molecule has 0 fully saturated rings. The number of rotatable bonds is 8. The zero-order chi connectivity index (χ0) is 16.1. The van der Waals surface area contributed by atoms with Crippen molar-refractivity contribution < 1.29 is 14.3 Å². The molecule has 6 nitrogen and oxygen atoms in total. The number of hydrogen-bond donors (Lipinski definition) is 2. The van der Waals surface area contributed by atoms with Crippen molar-refractivity contribution in [3.8, 4) is 5.88 Å². The van der Waals surface area contributed by atoms with E-state index in [0.717, 1.165) is 23.6 Å². The van der Waals surface area contributed by atoms with Gasteiger partial charge in [0.25, 0.3) is 0 Å². The topological polar surface area (TPSA) is 72.5 Å². The lowest BCUT2D eigenvalue weighted by atomic mass is 10.1. The van der Waals surface area contributed by atoms with Gasteiger partial charge in [-0.3, -0.25) is 0 Å². The highest BCUT2D eigenvalue weighted by Gasteiger charge is 2.18. The van der Waals surface area contributed by atoms with E-state index in [9.17, 15) is 5.11 Å². The van der Waals surface area contributed by atoms with E-state index in [2.05, 4.69) is 17.3 Å². The molecule has 0 radical (unpaired) electrons. The summed E-state index contributed by atoms with van der Waals surface area (Å²) in [5.74, 6) is 1.38. The lowest BCUT2D eigenvalue weighted by molar-refractivity contribution is 0.128. The Morgan fingerprint density at radius 3 is 2.86 bits per heavy atom. The third kappa shape index (κ3) is 3.69. The fourth-order valence-corrected chi connectivity index (χ4v) is 2.61. The number of nitrogens with zero attached hydrogens (tertiary/aromatic N) is 2. The Balaban J connectivity index is 1.95. The summed E-state index contributed by atoms with van der Waals surface area (Å²) in [4.78, 5) is 0. The van der Waals surface area contributed by atoms with Crippen LogP contribution in [0.3, 0.4) is 0 Å². The van der Waals surface area contributed by atoms with Crippen LogP contribution in [0.1, 0.15) is 43.4 Å². The molecule has 0 amide bonds. The lowest BCUT2D eigenvalue weighted by Crippen LogP contribution is -2.27. The molecule has 2 heterocycles. The number of nitrogens with one attached hydrogen (secondary N) is 1. The molecule has 0 aliphatic heterocycles. The number of hydrogen-bond acceptors (Lipinski definition) is 5. The quantitative estimate of drug-likeness (QED) is 0.782. The van der Waals surface area contributed by atoms with Gasteiger partial charge in [0.15, 0.2) is 0 Å². The second-order valence-corrected chi connectivity index (χ2v) is 5.46. The molecule has 2 aromatic heterocycles. The standard InChI is InChI=1S/C16H25N3O3/c1-5-13-12(16(21-4)19(3)18-13)10-17-11(2)9-14(20)15-7-6-8-22-15/h6-8,11,14,17,20H,5,9-10H2,1-4H3. The molecule has 0 aliphatic rings. The molecule has 0 saturated heterocycles. The number of methoxy groups -OCH3 is 1. The first-order chi connectivity index (χ1) is 10.6. The van der Waals surface area contributed by atoms with Crippen LogP contribution in [-0.4, -0.2) is 28.0 Å². The average Bonchev–Trinajstić information content (AvgIpc) is 3.12. The summed E-state index contributed by atoms with van der Waals surface area (Å²) < 4.78 is 12.4. The molecule has 2 atom stereocenters. The number of aliphatic hydroxyl groups is 1. The van der Waals surface area contributed by atoms with E-state index in [1.54, 1.807) is 30.2 Å². The van der Waals surface area contributed by atoms with Crippen molar-refractivity contribution in [1.29, 1.82) is 0 Å². The first-order valence-corrected chi connectivity index (χ1v) is 7.60. The van der Waals surface area contributed by atoms with E-state index in [0.29, 0.717) is 18.7 Å². The Hall–Kier alpha value is -1.79. The van der Waals surface area contributed by atoms with E-state index in [1.165, 1.54) is 0 Å². The maximum atomic E-state index is 10.1. The van der Waals surface area contributed by atoms with Gasteiger partial charge >= 0.3 is 0 Å². The number of ether oxygens (including phenoxy) is 1. The normalized spacial score (nSPS) is 14.0. The first kappa shape index (κ1) is 16.6. The maximum Gasteiger partial charge on any atom is 0.216 e. The summed E-state index contributed by atoms with van der Waals surface area (Å²) in [7, 11) is 3.54. The van der Waals surface area contributed by atoms with Crippen molar-refractivity contribution in [3.05, 3.63) is 35.4 Å². The minimum absolute atomic E-state index is 0.134. The van der Waals surface area contributed by atoms with E-state index in [1.807, 2.05) is 14.0 Å². The van der Waals surface area contributed by atoms with Crippen molar-refractivity contribution >= 4 is 0 Å². The van der Waals surface area contributed by atoms with Gasteiger partial charge < -0.3 is 19.6 Å². The number of aromatic nitrogens is 2. The van der Waals surface area contributed by atoms with E-state index in [-0.39, 0.29) is 6.04 Å². The van der Waals surface area contributed by atoms with E-state index < -0.39 is 6.10 Å². The maximum absolute atomic E-state index is 10.1. The van der Waals surface area contributed by atoms with Crippen LogP contribution < -0.4 is 10.1 Å². The Bertz CT molecular complexity index is 578. The van der Waals surface area contributed by atoms with E-state index in [4.69, 9.17) is 9.15 Å². The molecule has 0 aliphatic carbocycles. The molecule has 0 aromatic carbocycles. The van der Waals surface area contributed by atoms with Gasteiger partial charge in [0.2, 0.25) is 5.88 Å². The van der Waals surface area contributed by atoms with Crippen molar-refractivity contribution in [2.75, 3.05) is 7.11 Å². The van der Waals surface area contributed by atoms with E-state index >= 15 is 0 Å². The lowest BCUT2D eigenvalue weighted by Gasteiger charge is -2.17. The Kier molecular flexibility index (Phi) is 5.63. The predicted octanol–water partition coefficient (Wildman–Crippen LogP) is 2.19. The minimum Gasteiger partial charge on any atom is -0.481 e. The summed E-state index contributed by atoms with van der Waals surface area (Å²) in [5, 5.41) is 18.0. The molecule has 22 heavy (non-hydrogen) atoms. The predicted molar refractivity (Wildman–Crippen MR) is 83.7 cm³/mol. The number of aryl methyl sites for hydroxylation is 2. The smallest absolute Gasteiger partial charge is 0.216 e. The summed E-state index contributed by atoms with van der Waals surface area (Å²) in [5.41, 5.74) is 2.11. The molecule has 2 rings (SSSR count). The zero-order valence-electron chi connectivity index (χ0n) is 13.7. The monoisotopic (exact) mass is 307 g/mol. The second-order valence-electron chi connectivity index (χ2n) is 5.46. The van der Waals surface area contributed by atoms with Crippen molar-refractivity contribution in [2.24, 2.45) is 7.05 Å². The second kappa shape index (κ2) is 7.47. The van der Waals surface area contributed by atoms with Crippen molar-refractivity contribution in [1.82, 2.24) is 15.1 Å². The fraction of sp³-hybridized carbons (Fsp3) is 0.562. The van der Waals surface area contributed by atoms with Crippen LogP contribution in [0.25, 0.3) is 0 Å². The van der Waals surface area contributed by atoms with Crippen molar-refractivity contribution in [3.63, 3.8) is 0 Å². The van der Waals surface area contributed by atoms with Gasteiger partial charge in [-0.2, -0.15) is 5.10 Å². The molecule has 2 aromatic rings. The summed E-state index contributed by atoms with van der Waals surface area (Å²) in [6.45, 7) is 4.78. The fourth-order valence-electron chi connectivity index (χ4n) is 2.61. The molecular weight excluding hydrogens is 282 g/mol. The highest BCUT2D eigenvalue weighted by molar-refractivity contribution is 5.31. The highest BCUT2D eigenvalue weighted by Crippen LogP contribution is 2.23. The number of furan rings is 1. The molecule has 2 N–H and O–H groups in total. The highest BCUT2D eigenvalue weighted by atomic mass is 16.5. The molecule has 122 valence electrons. The third-order valence-corrected chi connectivity index (χ3v) is 3.78.